The van der Waals surface area contributed by atoms with Crippen LogP contribution < -0.4 is 4.90 Å². The maximum absolute atomic E-state index is 6.85. The minimum atomic E-state index is -0.224. The van der Waals surface area contributed by atoms with E-state index in [0.717, 1.165) is 28.2 Å². The number of nitrogens with zero attached hydrogens (tertiary/aromatic N) is 1. The molecule has 272 valence electrons. The SMILES string of the molecule is CC(C)(C)c1cc(C(C)(C)C)c2oc3ccc4c(c3c2c1)C(C)(C)c1ccc(N(c2ccc(-c3ccccc3)cc2)c2ccc(-c3ccccc3)cc2)cc1-4. The summed E-state index contributed by atoms with van der Waals surface area (Å²) in [5, 5.41) is 2.47. The Morgan fingerprint density at radius 3 is 1.55 bits per heavy atom. The zero-order valence-corrected chi connectivity index (χ0v) is 33.3. The van der Waals surface area contributed by atoms with E-state index in [-0.39, 0.29) is 16.2 Å². The van der Waals surface area contributed by atoms with Gasteiger partial charge in [-0.3, -0.25) is 0 Å². The average Bonchev–Trinajstić information content (AvgIpc) is 3.66. The molecule has 0 saturated carbocycles. The first kappa shape index (κ1) is 34.9. The molecule has 2 nitrogen and oxygen atoms in total. The van der Waals surface area contributed by atoms with Crippen LogP contribution >= 0.6 is 0 Å². The van der Waals surface area contributed by atoms with Crippen molar-refractivity contribution >= 4 is 39.0 Å². The molecule has 7 aromatic carbocycles. The second-order valence-electron chi connectivity index (χ2n) is 17.9. The van der Waals surface area contributed by atoms with Crippen molar-refractivity contribution in [1.82, 2.24) is 0 Å². The number of hydrogen-bond donors (Lipinski definition) is 0. The Kier molecular flexibility index (Phi) is 7.99. The van der Waals surface area contributed by atoms with Gasteiger partial charge in [-0.05, 0) is 109 Å². The Hall–Kier alpha value is -5.86. The fraction of sp³-hybridized carbons (Fsp3) is 0.208. The van der Waals surface area contributed by atoms with E-state index in [2.05, 4.69) is 212 Å². The quantitative estimate of drug-likeness (QED) is 0.176. The number of rotatable bonds is 5. The number of hydrogen-bond acceptors (Lipinski definition) is 2. The van der Waals surface area contributed by atoms with Gasteiger partial charge in [0.05, 0.1) is 0 Å². The van der Waals surface area contributed by atoms with Gasteiger partial charge in [0.1, 0.15) is 11.2 Å². The first-order valence-electron chi connectivity index (χ1n) is 19.6. The monoisotopic (exact) mass is 715 g/mol. The van der Waals surface area contributed by atoms with Crippen LogP contribution in [0.25, 0.3) is 55.3 Å². The summed E-state index contributed by atoms with van der Waals surface area (Å²) in [6.07, 6.45) is 0. The van der Waals surface area contributed by atoms with Crippen molar-refractivity contribution in [2.45, 2.75) is 71.6 Å². The molecule has 0 bridgehead atoms. The van der Waals surface area contributed by atoms with Crippen LogP contribution in [0.5, 0.6) is 0 Å². The largest absolute Gasteiger partial charge is 0.456 e. The highest BCUT2D eigenvalue weighted by atomic mass is 16.3. The van der Waals surface area contributed by atoms with Gasteiger partial charge < -0.3 is 9.32 Å². The normalized spacial score (nSPS) is 13.6. The zero-order valence-electron chi connectivity index (χ0n) is 33.3. The lowest BCUT2D eigenvalue weighted by molar-refractivity contribution is 0.559. The minimum absolute atomic E-state index is 0.00513. The number of benzene rings is 7. The molecule has 0 N–H and O–H groups in total. The van der Waals surface area contributed by atoms with E-state index in [4.69, 9.17) is 4.42 Å². The van der Waals surface area contributed by atoms with Crippen molar-refractivity contribution < 1.29 is 4.42 Å². The smallest absolute Gasteiger partial charge is 0.139 e. The zero-order chi connectivity index (χ0) is 38.3. The third kappa shape index (κ3) is 5.87. The number of anilines is 3. The van der Waals surface area contributed by atoms with E-state index in [1.54, 1.807) is 0 Å². The molecule has 0 saturated heterocycles. The molecule has 9 rings (SSSR count). The van der Waals surface area contributed by atoms with Gasteiger partial charge in [0.15, 0.2) is 0 Å². The predicted octanol–water partition coefficient (Wildman–Crippen LogP) is 15.3. The molecular weight excluding hydrogens is 667 g/mol. The highest BCUT2D eigenvalue weighted by Crippen LogP contribution is 2.55. The topological polar surface area (TPSA) is 16.4 Å². The second kappa shape index (κ2) is 12.6. The molecule has 1 aliphatic rings. The molecule has 0 fully saturated rings. The summed E-state index contributed by atoms with van der Waals surface area (Å²) >= 11 is 0. The molecule has 2 heteroatoms. The molecule has 0 radical (unpaired) electrons. The second-order valence-corrected chi connectivity index (χ2v) is 17.9. The maximum Gasteiger partial charge on any atom is 0.139 e. The van der Waals surface area contributed by atoms with E-state index in [1.165, 1.54) is 66.4 Å². The molecule has 1 aromatic heterocycles. The van der Waals surface area contributed by atoms with Crippen molar-refractivity contribution in [3.8, 4) is 33.4 Å². The molecule has 1 aliphatic carbocycles. The predicted molar refractivity (Wildman–Crippen MR) is 234 cm³/mol. The summed E-state index contributed by atoms with van der Waals surface area (Å²) in [6, 6.07) is 55.5. The van der Waals surface area contributed by atoms with Crippen molar-refractivity contribution in [2.75, 3.05) is 4.90 Å². The van der Waals surface area contributed by atoms with Crippen LogP contribution in [-0.2, 0) is 16.2 Å². The van der Waals surface area contributed by atoms with Crippen LogP contribution in [0.4, 0.5) is 17.1 Å². The third-order valence-corrected chi connectivity index (χ3v) is 11.7. The molecule has 55 heavy (non-hydrogen) atoms. The molecule has 8 aromatic rings. The van der Waals surface area contributed by atoms with E-state index in [0.29, 0.717) is 0 Å². The molecule has 0 unspecified atom stereocenters. The summed E-state index contributed by atoms with van der Waals surface area (Å²) in [6.45, 7) is 18.6. The van der Waals surface area contributed by atoms with Crippen LogP contribution in [0.1, 0.15) is 77.6 Å². The highest BCUT2D eigenvalue weighted by Gasteiger charge is 2.39. The fourth-order valence-electron chi connectivity index (χ4n) is 8.72. The van der Waals surface area contributed by atoms with Crippen molar-refractivity contribution in [2.24, 2.45) is 0 Å². The summed E-state index contributed by atoms with van der Waals surface area (Å²) in [7, 11) is 0. The summed E-state index contributed by atoms with van der Waals surface area (Å²) in [5.41, 5.74) is 17.8. The Morgan fingerprint density at radius 1 is 0.491 bits per heavy atom. The van der Waals surface area contributed by atoms with Gasteiger partial charge in [-0.1, -0.05) is 159 Å². The first-order chi connectivity index (χ1) is 26.3. The standard InChI is InChI=1S/C53H49NO/c1-51(2,3)38-31-44-48-47(55-50(44)46(32-38)52(4,5)6)30-28-42-43-33-41(27-29-45(43)53(7,8)49(42)48)54(39-23-19-36(20-24-39)34-15-11-9-12-16-34)40-25-21-37(22-26-40)35-17-13-10-14-18-35/h9-33H,1-8H3. The van der Waals surface area contributed by atoms with Crippen LogP contribution in [0.3, 0.4) is 0 Å². The minimum Gasteiger partial charge on any atom is -0.456 e. The summed E-state index contributed by atoms with van der Waals surface area (Å²) in [5.74, 6) is 0. The van der Waals surface area contributed by atoms with Crippen molar-refractivity contribution in [3.63, 3.8) is 0 Å². The van der Waals surface area contributed by atoms with Crippen LogP contribution in [0.15, 0.2) is 156 Å². The lowest BCUT2D eigenvalue weighted by Gasteiger charge is -2.27. The summed E-state index contributed by atoms with van der Waals surface area (Å²) < 4.78 is 6.85. The molecule has 0 spiro atoms. The van der Waals surface area contributed by atoms with Gasteiger partial charge in [0.2, 0.25) is 0 Å². The van der Waals surface area contributed by atoms with E-state index >= 15 is 0 Å². The van der Waals surface area contributed by atoms with Crippen LogP contribution in [0.2, 0.25) is 0 Å². The molecule has 0 atom stereocenters. The van der Waals surface area contributed by atoms with E-state index < -0.39 is 0 Å². The third-order valence-electron chi connectivity index (χ3n) is 11.7. The van der Waals surface area contributed by atoms with Crippen LogP contribution in [0, 0.1) is 0 Å². The molecule has 0 amide bonds. The van der Waals surface area contributed by atoms with Gasteiger partial charge in [0.25, 0.3) is 0 Å². The lowest BCUT2D eigenvalue weighted by Crippen LogP contribution is -2.17. The Bertz CT molecular complexity index is 2620. The van der Waals surface area contributed by atoms with Gasteiger partial charge in [-0.2, -0.15) is 0 Å². The number of furan rings is 1. The van der Waals surface area contributed by atoms with E-state index in [9.17, 15) is 0 Å². The Balaban J connectivity index is 1.22. The highest BCUT2D eigenvalue weighted by molar-refractivity contribution is 6.12. The fourth-order valence-corrected chi connectivity index (χ4v) is 8.72. The number of fused-ring (bicyclic) bond motifs is 7. The first-order valence-corrected chi connectivity index (χ1v) is 19.6. The summed E-state index contributed by atoms with van der Waals surface area (Å²) in [4.78, 5) is 2.39. The van der Waals surface area contributed by atoms with Crippen molar-refractivity contribution in [3.05, 3.63) is 174 Å². The molecule has 1 heterocycles. The van der Waals surface area contributed by atoms with Gasteiger partial charge in [-0.15, -0.1) is 0 Å². The average molecular weight is 716 g/mol. The van der Waals surface area contributed by atoms with Gasteiger partial charge in [0, 0.05) is 38.8 Å². The Morgan fingerprint density at radius 2 is 1.02 bits per heavy atom. The van der Waals surface area contributed by atoms with Crippen molar-refractivity contribution in [1.29, 1.82) is 0 Å². The van der Waals surface area contributed by atoms with Gasteiger partial charge in [-0.25, -0.2) is 0 Å². The molecular formula is C53H49NO. The van der Waals surface area contributed by atoms with E-state index in [1.807, 2.05) is 0 Å². The molecule has 0 aliphatic heterocycles. The maximum atomic E-state index is 6.85. The lowest BCUT2D eigenvalue weighted by atomic mass is 9.77. The van der Waals surface area contributed by atoms with Gasteiger partial charge >= 0.3 is 0 Å². The van der Waals surface area contributed by atoms with Crippen LogP contribution in [-0.4, -0.2) is 0 Å². The Labute approximate surface area is 326 Å².